The molecule has 0 radical (unpaired) electrons. The van der Waals surface area contributed by atoms with E-state index in [1.54, 1.807) is 0 Å². The zero-order valence-corrected chi connectivity index (χ0v) is 8.88. The Morgan fingerprint density at radius 2 is 2.00 bits per heavy atom. The molecule has 74 valence electrons. The van der Waals surface area contributed by atoms with E-state index >= 15 is 0 Å². The highest BCUT2D eigenvalue weighted by atomic mass is 35.5. The lowest BCUT2D eigenvalue weighted by molar-refractivity contribution is 0.597. The molecule has 1 rings (SSSR count). The van der Waals surface area contributed by atoms with E-state index in [2.05, 4.69) is 9.43 Å². The first-order valence-electron chi connectivity index (χ1n) is 3.24. The van der Waals surface area contributed by atoms with Crippen LogP contribution in [0, 0.1) is 0 Å². The number of benzene rings is 1. The van der Waals surface area contributed by atoms with Crippen LogP contribution in [0.15, 0.2) is 27.6 Å². The van der Waals surface area contributed by atoms with Crippen LogP contribution in [-0.2, 0) is 10.0 Å². The third-order valence-electron chi connectivity index (χ3n) is 1.32. The molecular formula is C6H3Cl2N3O2S. The van der Waals surface area contributed by atoms with Gasteiger partial charge in [0.25, 0.3) is 10.0 Å². The minimum Gasteiger partial charge on any atom is -0.216 e. The minimum absolute atomic E-state index is 0.0400. The van der Waals surface area contributed by atoms with Crippen molar-refractivity contribution in [2.24, 2.45) is 4.52 Å². The number of nitrogens with zero attached hydrogens (tertiary/aromatic N) is 3. The summed E-state index contributed by atoms with van der Waals surface area (Å²) in [6, 6.07) is 3.86. The average Bonchev–Trinajstić information content (AvgIpc) is 2.09. The maximum Gasteiger partial charge on any atom is 0.265 e. The van der Waals surface area contributed by atoms with Crippen molar-refractivity contribution >= 4 is 33.2 Å². The van der Waals surface area contributed by atoms with E-state index in [1.165, 1.54) is 12.1 Å². The summed E-state index contributed by atoms with van der Waals surface area (Å²) in [5.41, 5.74) is 8.03. The van der Waals surface area contributed by atoms with Gasteiger partial charge in [-0.25, -0.2) is 8.42 Å². The van der Waals surface area contributed by atoms with Crippen LogP contribution in [0.1, 0.15) is 0 Å². The van der Waals surface area contributed by atoms with E-state index < -0.39 is 10.0 Å². The topological polar surface area (TPSA) is 82.9 Å². The fraction of sp³-hybridized carbons (Fsp3) is 0. The van der Waals surface area contributed by atoms with Crippen LogP contribution in [0.25, 0.3) is 10.4 Å². The summed E-state index contributed by atoms with van der Waals surface area (Å²) >= 11 is 11.2. The summed E-state index contributed by atoms with van der Waals surface area (Å²) in [5, 5.41) is 0.155. The molecule has 0 saturated carbocycles. The van der Waals surface area contributed by atoms with Crippen LogP contribution in [0.2, 0.25) is 10.0 Å². The van der Waals surface area contributed by atoms with E-state index in [0.29, 0.717) is 0 Å². The fourth-order valence-electron chi connectivity index (χ4n) is 0.767. The molecule has 5 nitrogen and oxygen atoms in total. The van der Waals surface area contributed by atoms with Gasteiger partial charge in [0, 0.05) is 14.5 Å². The van der Waals surface area contributed by atoms with Crippen molar-refractivity contribution in [3.05, 3.63) is 38.7 Å². The summed E-state index contributed by atoms with van der Waals surface area (Å²) in [5.74, 6) is 0. The van der Waals surface area contributed by atoms with Crippen molar-refractivity contribution in [2.45, 2.75) is 4.90 Å². The molecule has 0 N–H and O–H groups in total. The molecule has 0 amide bonds. The Labute approximate surface area is 89.9 Å². The smallest absolute Gasteiger partial charge is 0.216 e. The highest BCUT2D eigenvalue weighted by Gasteiger charge is 2.16. The monoisotopic (exact) mass is 251 g/mol. The zero-order valence-electron chi connectivity index (χ0n) is 6.55. The highest BCUT2D eigenvalue weighted by Crippen LogP contribution is 2.26. The van der Waals surface area contributed by atoms with Crippen LogP contribution >= 0.6 is 23.2 Å². The molecule has 0 aliphatic rings. The van der Waals surface area contributed by atoms with Gasteiger partial charge in [-0.1, -0.05) is 23.2 Å². The molecule has 8 heteroatoms. The lowest BCUT2D eigenvalue weighted by Crippen LogP contribution is -1.96. The number of hydrogen-bond acceptors (Lipinski definition) is 2. The normalized spacial score (nSPS) is 10.7. The first-order valence-corrected chi connectivity index (χ1v) is 5.43. The predicted octanol–water partition coefficient (Wildman–Crippen LogP) is 2.99. The zero-order chi connectivity index (χ0) is 10.8. The molecule has 0 aromatic heterocycles. The fourth-order valence-corrected chi connectivity index (χ4v) is 2.19. The Kier molecular flexibility index (Phi) is 3.23. The maximum absolute atomic E-state index is 11.2. The van der Waals surface area contributed by atoms with Gasteiger partial charge in [0.05, 0.1) is 9.92 Å². The van der Waals surface area contributed by atoms with E-state index in [4.69, 9.17) is 28.7 Å². The van der Waals surface area contributed by atoms with Crippen molar-refractivity contribution in [1.82, 2.24) is 0 Å². The molecular weight excluding hydrogens is 249 g/mol. The predicted molar refractivity (Wildman–Crippen MR) is 52.8 cm³/mol. The summed E-state index contributed by atoms with van der Waals surface area (Å²) in [7, 11) is -4.07. The SMILES string of the molecule is [N-]=[N+]=NS(=O)(=O)c1cc(Cl)ccc1Cl. The van der Waals surface area contributed by atoms with Gasteiger partial charge in [0.1, 0.15) is 0 Å². The minimum atomic E-state index is -4.07. The van der Waals surface area contributed by atoms with Crippen molar-refractivity contribution in [2.75, 3.05) is 0 Å². The number of sulfonamides is 1. The van der Waals surface area contributed by atoms with Crippen molar-refractivity contribution in [1.29, 1.82) is 0 Å². The van der Waals surface area contributed by atoms with E-state index in [-0.39, 0.29) is 14.9 Å². The lowest BCUT2D eigenvalue weighted by Gasteiger charge is -2.00. The molecule has 0 aliphatic carbocycles. The Morgan fingerprint density at radius 1 is 1.36 bits per heavy atom. The maximum atomic E-state index is 11.2. The molecule has 0 spiro atoms. The van der Waals surface area contributed by atoms with Crippen LogP contribution < -0.4 is 0 Å². The third-order valence-corrected chi connectivity index (χ3v) is 3.17. The molecule has 0 unspecified atom stereocenters. The molecule has 0 aliphatic heterocycles. The molecule has 1 aromatic rings. The van der Waals surface area contributed by atoms with Gasteiger partial charge in [-0.2, -0.15) is 0 Å². The van der Waals surface area contributed by atoms with Crippen molar-refractivity contribution in [3.63, 3.8) is 0 Å². The highest BCUT2D eigenvalue weighted by molar-refractivity contribution is 7.90. The van der Waals surface area contributed by atoms with Crippen LogP contribution in [0.5, 0.6) is 0 Å². The van der Waals surface area contributed by atoms with E-state index in [1.807, 2.05) is 0 Å². The third kappa shape index (κ3) is 2.30. The number of azide groups is 1. The number of halogens is 2. The second-order valence-electron chi connectivity index (χ2n) is 2.22. The quantitative estimate of drug-likeness (QED) is 0.460. The molecule has 0 heterocycles. The molecule has 0 bridgehead atoms. The Bertz CT molecular complexity index is 508. The summed E-state index contributed by atoms with van der Waals surface area (Å²) < 4.78 is 25.1. The largest absolute Gasteiger partial charge is 0.265 e. The first kappa shape index (κ1) is 11.1. The van der Waals surface area contributed by atoms with Crippen LogP contribution in [0.3, 0.4) is 0 Å². The number of hydrogen-bond donors (Lipinski definition) is 0. The van der Waals surface area contributed by atoms with Crippen LogP contribution in [0.4, 0.5) is 0 Å². The molecule has 0 atom stereocenters. The second kappa shape index (κ2) is 4.06. The Morgan fingerprint density at radius 3 is 2.57 bits per heavy atom. The average molecular weight is 252 g/mol. The lowest BCUT2D eigenvalue weighted by atomic mass is 10.4. The first-order chi connectivity index (χ1) is 6.47. The summed E-state index contributed by atoms with van der Waals surface area (Å²) in [4.78, 5) is 1.89. The summed E-state index contributed by atoms with van der Waals surface area (Å²) in [6.07, 6.45) is 0. The van der Waals surface area contributed by atoms with Gasteiger partial charge >= 0.3 is 0 Å². The molecule has 0 saturated heterocycles. The second-order valence-corrected chi connectivity index (χ2v) is 4.62. The Hall–Kier alpha value is -0.940. The van der Waals surface area contributed by atoms with Gasteiger partial charge in [-0.3, -0.25) is 0 Å². The van der Waals surface area contributed by atoms with Gasteiger partial charge < -0.3 is 0 Å². The van der Waals surface area contributed by atoms with Crippen LogP contribution in [-0.4, -0.2) is 8.42 Å². The van der Waals surface area contributed by atoms with Gasteiger partial charge in [0.2, 0.25) is 0 Å². The van der Waals surface area contributed by atoms with Crippen molar-refractivity contribution in [3.8, 4) is 0 Å². The standard InChI is InChI=1S/C6H3Cl2N3O2S/c7-4-1-2-5(8)6(3-4)14(12,13)11-10-9/h1-3H. The Balaban J connectivity index is 3.46. The van der Waals surface area contributed by atoms with E-state index in [0.717, 1.165) is 6.07 Å². The van der Waals surface area contributed by atoms with Crippen molar-refractivity contribution < 1.29 is 8.42 Å². The van der Waals surface area contributed by atoms with Gasteiger partial charge in [-0.05, 0) is 23.7 Å². The van der Waals surface area contributed by atoms with Gasteiger partial charge in [-0.15, -0.1) is 0 Å². The summed E-state index contributed by atoms with van der Waals surface area (Å²) in [6.45, 7) is 0. The molecule has 1 aromatic carbocycles. The van der Waals surface area contributed by atoms with Gasteiger partial charge in [0.15, 0.2) is 0 Å². The molecule has 14 heavy (non-hydrogen) atoms. The van der Waals surface area contributed by atoms with E-state index in [9.17, 15) is 8.42 Å². The molecule has 0 fully saturated rings. The number of rotatable bonds is 2.